The van der Waals surface area contributed by atoms with Gasteiger partial charge in [0, 0.05) is 19.3 Å². The summed E-state index contributed by atoms with van der Waals surface area (Å²) in [6.07, 6.45) is 28.4. The molecule has 0 aliphatic heterocycles. The third-order valence-electron chi connectivity index (χ3n) is 7.60. The number of rotatable bonds is 33. The SMILES string of the molecule is O=C(O)C(S)(S)S.O=C(O)CCCCCCCCCCS.O=C(O)CCCCCCCCCCS.O=C(O)CCCCCCCCCCS.OCC(O)CO. The average molecular weight is 903 g/mol. The van der Waals surface area contributed by atoms with E-state index in [0.717, 1.165) is 55.8 Å². The van der Waals surface area contributed by atoms with Crippen molar-refractivity contribution < 1.29 is 54.9 Å². The second kappa shape index (κ2) is 53.9. The van der Waals surface area contributed by atoms with Crippen molar-refractivity contribution in [3.63, 3.8) is 0 Å². The van der Waals surface area contributed by atoms with E-state index < -0.39 is 33.4 Å². The van der Waals surface area contributed by atoms with Gasteiger partial charge < -0.3 is 35.7 Å². The normalized spacial score (nSPS) is 10.4. The zero-order valence-electron chi connectivity index (χ0n) is 33.2. The van der Waals surface area contributed by atoms with E-state index in [2.05, 4.69) is 75.8 Å². The van der Waals surface area contributed by atoms with E-state index in [1.807, 2.05) is 0 Å². The summed E-state index contributed by atoms with van der Waals surface area (Å²) in [5.74, 6) is -0.172. The van der Waals surface area contributed by atoms with Crippen molar-refractivity contribution in [3.8, 4) is 0 Å². The molecule has 0 aromatic heterocycles. The van der Waals surface area contributed by atoms with Crippen LogP contribution in [-0.4, -0.2) is 99.6 Å². The molecule has 0 aromatic carbocycles. The van der Waals surface area contributed by atoms with Crippen molar-refractivity contribution in [1.82, 2.24) is 0 Å². The van der Waals surface area contributed by atoms with E-state index in [9.17, 15) is 19.2 Å². The van der Waals surface area contributed by atoms with Crippen LogP contribution in [0.4, 0.5) is 0 Å². The predicted molar refractivity (Wildman–Crippen MR) is 247 cm³/mol. The molecular formula is C38H78O11S6. The van der Waals surface area contributed by atoms with Gasteiger partial charge >= 0.3 is 23.9 Å². The van der Waals surface area contributed by atoms with Crippen LogP contribution in [0.15, 0.2) is 0 Å². The number of unbranched alkanes of at least 4 members (excludes halogenated alkanes) is 21. The highest BCUT2D eigenvalue weighted by Gasteiger charge is 2.23. The van der Waals surface area contributed by atoms with E-state index in [1.165, 1.54) is 116 Å². The van der Waals surface area contributed by atoms with Gasteiger partial charge in [0.15, 0.2) is 3.41 Å². The molecule has 0 heterocycles. The van der Waals surface area contributed by atoms with Crippen molar-refractivity contribution >= 4 is 99.6 Å². The van der Waals surface area contributed by atoms with Crippen molar-refractivity contribution in [3.05, 3.63) is 0 Å². The molecule has 332 valence electrons. The third-order valence-corrected chi connectivity index (χ3v) is 9.13. The molecule has 0 atom stereocenters. The van der Waals surface area contributed by atoms with Gasteiger partial charge in [0.1, 0.15) is 6.10 Å². The molecular weight excluding hydrogens is 825 g/mol. The summed E-state index contributed by atoms with van der Waals surface area (Å²) in [5, 5.41) is 57.3. The van der Waals surface area contributed by atoms with Gasteiger partial charge in [0.2, 0.25) is 0 Å². The maximum Gasteiger partial charge on any atom is 0.339 e. The quantitative estimate of drug-likeness (QED) is 0.0170. The molecule has 0 aliphatic carbocycles. The molecule has 0 saturated carbocycles. The minimum absolute atomic E-state index is 0.333. The molecule has 0 unspecified atom stereocenters. The van der Waals surface area contributed by atoms with Gasteiger partial charge in [-0.1, -0.05) is 116 Å². The van der Waals surface area contributed by atoms with Gasteiger partial charge in [0.25, 0.3) is 0 Å². The van der Waals surface area contributed by atoms with E-state index >= 15 is 0 Å². The molecule has 0 radical (unpaired) electrons. The van der Waals surface area contributed by atoms with Crippen molar-refractivity contribution in [2.45, 2.75) is 183 Å². The first kappa shape index (κ1) is 64.0. The van der Waals surface area contributed by atoms with Crippen LogP contribution in [0.2, 0.25) is 0 Å². The molecule has 7 N–H and O–H groups in total. The van der Waals surface area contributed by atoms with Gasteiger partial charge in [-0.25, -0.2) is 4.79 Å². The topological polar surface area (TPSA) is 210 Å². The molecule has 0 rings (SSSR count). The number of aliphatic hydroxyl groups excluding tert-OH is 3. The molecule has 0 spiro atoms. The van der Waals surface area contributed by atoms with Gasteiger partial charge in [-0.3, -0.25) is 14.4 Å². The first-order chi connectivity index (χ1) is 26.1. The fourth-order valence-corrected chi connectivity index (χ4v) is 5.07. The summed E-state index contributed by atoms with van der Waals surface area (Å²) in [4.78, 5) is 40.4. The van der Waals surface area contributed by atoms with Crippen molar-refractivity contribution in [1.29, 1.82) is 0 Å². The van der Waals surface area contributed by atoms with Crippen LogP contribution in [0.1, 0.15) is 173 Å². The summed E-state index contributed by atoms with van der Waals surface area (Å²) < 4.78 is -1.50. The molecule has 0 fully saturated rings. The van der Waals surface area contributed by atoms with E-state index in [1.54, 1.807) is 0 Å². The number of hydrogen-bond donors (Lipinski definition) is 13. The first-order valence-corrected chi connectivity index (χ1v) is 23.1. The minimum atomic E-state index is -1.50. The van der Waals surface area contributed by atoms with Gasteiger partial charge in [-0.15, -0.1) is 37.9 Å². The van der Waals surface area contributed by atoms with E-state index in [0.29, 0.717) is 19.3 Å². The molecule has 0 aliphatic rings. The Balaban J connectivity index is -0.000000196. The fourth-order valence-electron chi connectivity index (χ4n) is 4.40. The second-order valence-corrected chi connectivity index (χ2v) is 17.5. The Bertz CT molecular complexity index is 742. The van der Waals surface area contributed by atoms with Crippen LogP contribution in [0.3, 0.4) is 0 Å². The molecule has 0 saturated heterocycles. The molecule has 0 amide bonds. The summed E-state index contributed by atoms with van der Waals surface area (Å²) in [6, 6.07) is 0. The summed E-state index contributed by atoms with van der Waals surface area (Å²) in [6.45, 7) is -0.729. The number of carboxylic acids is 4. The Kier molecular flexibility index (Phi) is 62.7. The standard InChI is InChI=1S/3C11H22O2S.C3H8O3.C2H4O2S3/c3*12-11(13)9-7-5-3-1-2-4-6-8-10-14;4-1-3(6)2-5;3-1(4)2(5,6)7/h3*14H,1-10H2,(H,12,13);3-6H,1-2H2;5-7H,(H,3,4). The van der Waals surface area contributed by atoms with Gasteiger partial charge in [0.05, 0.1) is 13.2 Å². The van der Waals surface area contributed by atoms with Crippen LogP contribution < -0.4 is 0 Å². The highest BCUT2D eigenvalue weighted by molar-refractivity contribution is 8.18. The predicted octanol–water partition coefficient (Wildman–Crippen LogP) is 9.38. The smallest absolute Gasteiger partial charge is 0.339 e. The Hall–Kier alpha value is -0.140. The van der Waals surface area contributed by atoms with Crippen molar-refractivity contribution in [2.24, 2.45) is 0 Å². The Labute approximate surface area is 365 Å². The molecule has 0 aromatic rings. The highest BCUT2D eigenvalue weighted by atomic mass is 32.2. The van der Waals surface area contributed by atoms with Gasteiger partial charge in [-0.2, -0.15) is 37.9 Å². The number of hydrogen-bond acceptors (Lipinski definition) is 13. The number of thiol groups is 6. The Morgan fingerprint density at radius 2 is 0.545 bits per heavy atom. The molecule has 11 nitrogen and oxygen atoms in total. The maximum atomic E-state index is 10.2. The summed E-state index contributed by atoms with van der Waals surface area (Å²) in [5.41, 5.74) is 0. The monoisotopic (exact) mass is 902 g/mol. The Morgan fingerprint density at radius 1 is 0.382 bits per heavy atom. The number of carbonyl (C=O) groups is 4. The van der Waals surface area contributed by atoms with Crippen LogP contribution in [0.25, 0.3) is 0 Å². The van der Waals surface area contributed by atoms with Crippen LogP contribution in [0.5, 0.6) is 0 Å². The van der Waals surface area contributed by atoms with Crippen molar-refractivity contribution in [2.75, 3.05) is 30.5 Å². The van der Waals surface area contributed by atoms with Gasteiger partial charge in [-0.05, 0) is 55.8 Å². The summed E-state index contributed by atoms with van der Waals surface area (Å²) in [7, 11) is 0. The lowest BCUT2D eigenvalue weighted by atomic mass is 10.1. The lowest BCUT2D eigenvalue weighted by Crippen LogP contribution is -2.17. The number of aliphatic hydroxyl groups is 3. The average Bonchev–Trinajstić information content (AvgIpc) is 3.12. The third kappa shape index (κ3) is 78.9. The lowest BCUT2D eigenvalue weighted by molar-refractivity contribution is -0.138. The molecule has 0 bridgehead atoms. The van der Waals surface area contributed by atoms with Crippen LogP contribution >= 0.6 is 75.8 Å². The molecule has 17 heteroatoms. The number of aliphatic carboxylic acids is 4. The lowest BCUT2D eigenvalue weighted by Gasteiger charge is -2.05. The second-order valence-electron chi connectivity index (χ2n) is 13.0. The highest BCUT2D eigenvalue weighted by Crippen LogP contribution is 2.23. The Morgan fingerprint density at radius 3 is 0.655 bits per heavy atom. The minimum Gasteiger partial charge on any atom is -0.481 e. The van der Waals surface area contributed by atoms with Crippen LogP contribution in [0, 0.1) is 0 Å². The number of carboxylic acid groups (broad SMARTS) is 4. The molecule has 55 heavy (non-hydrogen) atoms. The zero-order chi connectivity index (χ0) is 43.0. The van der Waals surface area contributed by atoms with E-state index in [4.69, 9.17) is 35.7 Å². The fraction of sp³-hybridized carbons (Fsp3) is 0.895. The first-order valence-electron chi connectivity index (χ1n) is 19.8. The summed E-state index contributed by atoms with van der Waals surface area (Å²) >= 11 is 22.9. The van der Waals surface area contributed by atoms with E-state index in [-0.39, 0.29) is 13.2 Å². The van der Waals surface area contributed by atoms with Crippen LogP contribution in [-0.2, 0) is 19.2 Å². The largest absolute Gasteiger partial charge is 0.481 e. The zero-order valence-corrected chi connectivity index (χ0v) is 38.5. The maximum absolute atomic E-state index is 10.2.